The van der Waals surface area contributed by atoms with Crippen molar-refractivity contribution < 1.29 is 22.7 Å². The van der Waals surface area contributed by atoms with Crippen LogP contribution in [0.25, 0.3) is 10.8 Å². The number of amides is 2. The summed E-state index contributed by atoms with van der Waals surface area (Å²) < 4.78 is 36.0. The molecule has 1 N–H and O–H groups in total. The Kier molecular flexibility index (Phi) is 5.69. The van der Waals surface area contributed by atoms with Crippen LogP contribution in [0.2, 0.25) is 0 Å². The fraction of sp³-hybridized carbons (Fsp3) is 0.310. The summed E-state index contributed by atoms with van der Waals surface area (Å²) in [5.41, 5.74) is 2.59. The quantitative estimate of drug-likeness (QED) is 0.516. The second-order valence-corrected chi connectivity index (χ2v) is 11.9. The normalized spacial score (nSPS) is 25.8. The van der Waals surface area contributed by atoms with Crippen molar-refractivity contribution in [1.29, 1.82) is 0 Å². The van der Waals surface area contributed by atoms with E-state index in [9.17, 15) is 18.0 Å². The predicted octanol–water partition coefficient (Wildman–Crippen LogP) is 4.09. The molecule has 7 nitrogen and oxygen atoms in total. The molecule has 0 aromatic heterocycles. The maximum absolute atomic E-state index is 14.2. The Labute approximate surface area is 216 Å². The number of ether oxygens (including phenoxy) is 1. The van der Waals surface area contributed by atoms with E-state index in [-0.39, 0.29) is 29.7 Å². The molecule has 1 aliphatic carbocycles. The SMILES string of the molecule is CCOC1=C2[C@@H](CN(S(=O)(=O)c3ccc(C)cc3)[C@H]2c2cccc3ccccc23)[C@H]2C(=O)NC(=O)[C@H]2C1. The first-order chi connectivity index (χ1) is 17.8. The average molecular weight is 517 g/mol. The van der Waals surface area contributed by atoms with E-state index in [0.29, 0.717) is 12.4 Å². The van der Waals surface area contributed by atoms with Crippen molar-refractivity contribution >= 4 is 32.6 Å². The summed E-state index contributed by atoms with van der Waals surface area (Å²) in [7, 11) is -3.95. The van der Waals surface area contributed by atoms with Gasteiger partial charge >= 0.3 is 0 Å². The minimum absolute atomic E-state index is 0.0951. The van der Waals surface area contributed by atoms with Crippen molar-refractivity contribution in [2.75, 3.05) is 13.2 Å². The zero-order valence-electron chi connectivity index (χ0n) is 20.7. The fourth-order valence-electron chi connectivity index (χ4n) is 6.28. The Morgan fingerprint density at radius 2 is 1.68 bits per heavy atom. The predicted molar refractivity (Wildman–Crippen MR) is 139 cm³/mol. The maximum atomic E-state index is 14.2. The second-order valence-electron chi connectivity index (χ2n) is 9.97. The lowest BCUT2D eigenvalue weighted by Crippen LogP contribution is -2.35. The van der Waals surface area contributed by atoms with Crippen LogP contribution in [0, 0.1) is 24.7 Å². The molecule has 0 unspecified atom stereocenters. The lowest BCUT2D eigenvalue weighted by atomic mass is 9.71. The van der Waals surface area contributed by atoms with Crippen molar-refractivity contribution in [2.45, 2.75) is 31.2 Å². The van der Waals surface area contributed by atoms with Crippen molar-refractivity contribution in [3.63, 3.8) is 0 Å². The number of benzene rings is 3. The Morgan fingerprint density at radius 1 is 0.946 bits per heavy atom. The van der Waals surface area contributed by atoms with Gasteiger partial charge in [-0.15, -0.1) is 0 Å². The van der Waals surface area contributed by atoms with Crippen LogP contribution in [-0.4, -0.2) is 37.7 Å². The van der Waals surface area contributed by atoms with Gasteiger partial charge in [-0.3, -0.25) is 14.9 Å². The minimum atomic E-state index is -3.95. The lowest BCUT2D eigenvalue weighted by molar-refractivity contribution is -0.126. The smallest absolute Gasteiger partial charge is 0.243 e. The lowest BCUT2D eigenvalue weighted by Gasteiger charge is -2.32. The van der Waals surface area contributed by atoms with Crippen molar-refractivity contribution in [1.82, 2.24) is 9.62 Å². The highest BCUT2D eigenvalue weighted by Crippen LogP contribution is 2.55. The summed E-state index contributed by atoms with van der Waals surface area (Å²) >= 11 is 0. The maximum Gasteiger partial charge on any atom is 0.243 e. The van der Waals surface area contributed by atoms with Gasteiger partial charge in [0.05, 0.1) is 35.1 Å². The fourth-order valence-corrected chi connectivity index (χ4v) is 7.89. The van der Waals surface area contributed by atoms with Crippen molar-refractivity contribution in [2.24, 2.45) is 17.8 Å². The number of nitrogens with one attached hydrogen (secondary N) is 1. The van der Waals surface area contributed by atoms with Crippen LogP contribution in [0.5, 0.6) is 0 Å². The van der Waals surface area contributed by atoms with E-state index in [1.807, 2.05) is 56.3 Å². The molecule has 4 atom stereocenters. The molecule has 2 saturated heterocycles. The first kappa shape index (κ1) is 23.9. The summed E-state index contributed by atoms with van der Waals surface area (Å²) in [5, 5.41) is 4.42. The zero-order chi connectivity index (χ0) is 25.9. The Morgan fingerprint density at radius 3 is 2.43 bits per heavy atom. The molecule has 190 valence electrons. The Hall–Kier alpha value is -3.49. The molecule has 2 amide bonds. The molecule has 2 heterocycles. The van der Waals surface area contributed by atoms with E-state index in [1.54, 1.807) is 24.3 Å². The van der Waals surface area contributed by atoms with Crippen molar-refractivity contribution in [3.05, 3.63) is 89.2 Å². The van der Waals surface area contributed by atoms with Gasteiger partial charge in [-0.05, 0) is 47.9 Å². The average Bonchev–Trinajstić information content (AvgIpc) is 3.42. The van der Waals surface area contributed by atoms with Gasteiger partial charge in [-0.1, -0.05) is 60.2 Å². The molecule has 2 fully saturated rings. The van der Waals surface area contributed by atoms with E-state index in [0.717, 1.165) is 27.5 Å². The molecule has 0 saturated carbocycles. The van der Waals surface area contributed by atoms with Gasteiger partial charge in [0.1, 0.15) is 0 Å². The molecule has 0 bridgehead atoms. The molecule has 0 spiro atoms. The van der Waals surface area contributed by atoms with E-state index in [1.165, 1.54) is 4.31 Å². The van der Waals surface area contributed by atoms with E-state index in [2.05, 4.69) is 5.32 Å². The minimum Gasteiger partial charge on any atom is -0.498 e. The van der Waals surface area contributed by atoms with Crippen LogP contribution in [0.1, 0.15) is 30.5 Å². The van der Waals surface area contributed by atoms with Gasteiger partial charge in [-0.25, -0.2) is 8.42 Å². The highest BCUT2D eigenvalue weighted by molar-refractivity contribution is 7.89. The Bertz CT molecular complexity index is 1560. The van der Waals surface area contributed by atoms with Crippen LogP contribution in [0.3, 0.4) is 0 Å². The number of hydrogen-bond acceptors (Lipinski definition) is 5. The van der Waals surface area contributed by atoms with Gasteiger partial charge in [-0.2, -0.15) is 4.31 Å². The third-order valence-corrected chi connectivity index (χ3v) is 9.75. The topological polar surface area (TPSA) is 92.8 Å². The molecule has 2 aliphatic heterocycles. The molecule has 37 heavy (non-hydrogen) atoms. The van der Waals surface area contributed by atoms with Crippen LogP contribution >= 0.6 is 0 Å². The van der Waals surface area contributed by atoms with Gasteiger partial charge in [0.25, 0.3) is 0 Å². The number of hydrogen-bond donors (Lipinski definition) is 1. The largest absolute Gasteiger partial charge is 0.498 e. The standard InChI is InChI=1S/C29H28N2O5S/c1-3-36-24-15-22-25(29(33)30-28(22)32)23-16-31(37(34,35)19-13-11-17(2)12-14-19)27(26(23)24)21-10-6-8-18-7-4-5-9-20(18)21/h4-14,22-23,25,27H,3,15-16H2,1-2H3,(H,30,32,33)/t22-,23-,25-,27-/m0/s1. The molecule has 0 radical (unpaired) electrons. The number of carbonyl (C=O) groups excluding carboxylic acids is 2. The van der Waals surface area contributed by atoms with Gasteiger partial charge in [0.2, 0.25) is 21.8 Å². The van der Waals surface area contributed by atoms with Crippen LogP contribution in [0.15, 0.2) is 83.0 Å². The third kappa shape index (κ3) is 3.69. The van der Waals surface area contributed by atoms with E-state index in [4.69, 9.17) is 4.74 Å². The summed E-state index contributed by atoms with van der Waals surface area (Å²) in [5.74, 6) is -1.67. The number of allylic oxidation sites excluding steroid dienone is 1. The summed E-state index contributed by atoms with van der Waals surface area (Å²) in [6.45, 7) is 4.26. The first-order valence-corrected chi connectivity index (χ1v) is 14.0. The molecular formula is C29H28N2O5S. The number of sulfonamides is 1. The van der Waals surface area contributed by atoms with E-state index >= 15 is 0 Å². The number of nitrogens with zero attached hydrogens (tertiary/aromatic N) is 1. The number of aryl methyl sites for hydroxylation is 1. The zero-order valence-corrected chi connectivity index (χ0v) is 21.5. The monoisotopic (exact) mass is 516 g/mol. The number of rotatable bonds is 5. The van der Waals surface area contributed by atoms with Crippen LogP contribution in [-0.2, 0) is 24.3 Å². The highest BCUT2D eigenvalue weighted by Gasteiger charge is 2.58. The van der Waals surface area contributed by atoms with Gasteiger partial charge < -0.3 is 4.74 Å². The summed E-state index contributed by atoms with van der Waals surface area (Å²) in [4.78, 5) is 25.9. The first-order valence-electron chi connectivity index (χ1n) is 12.6. The third-order valence-electron chi connectivity index (χ3n) is 7.90. The molecule has 8 heteroatoms. The van der Waals surface area contributed by atoms with Crippen LogP contribution in [0.4, 0.5) is 0 Å². The van der Waals surface area contributed by atoms with E-state index < -0.39 is 33.8 Å². The number of fused-ring (bicyclic) bond motifs is 4. The van der Waals surface area contributed by atoms with Gasteiger partial charge in [0, 0.05) is 18.9 Å². The Balaban J connectivity index is 1.61. The number of imide groups is 1. The number of carbonyl (C=O) groups is 2. The highest BCUT2D eigenvalue weighted by atomic mass is 32.2. The second kappa shape index (κ2) is 8.82. The van der Waals surface area contributed by atoms with Crippen LogP contribution < -0.4 is 5.32 Å². The van der Waals surface area contributed by atoms with Gasteiger partial charge in [0.15, 0.2) is 0 Å². The molecule has 6 rings (SSSR count). The summed E-state index contributed by atoms with van der Waals surface area (Å²) in [6.07, 6.45) is 0.279. The molecule has 3 aliphatic rings. The molecule has 3 aromatic carbocycles. The summed E-state index contributed by atoms with van der Waals surface area (Å²) in [6, 6.07) is 19.9. The van der Waals surface area contributed by atoms with Crippen molar-refractivity contribution in [3.8, 4) is 0 Å². The molecule has 3 aromatic rings. The molecular weight excluding hydrogens is 488 g/mol.